The van der Waals surface area contributed by atoms with E-state index in [1.165, 1.54) is 25.7 Å². The highest BCUT2D eigenvalue weighted by atomic mass is 31.2. The van der Waals surface area contributed by atoms with Gasteiger partial charge in [0.15, 0.2) is 0 Å². The maximum atomic E-state index is 11.1. The third kappa shape index (κ3) is 20.6. The second-order valence-electron chi connectivity index (χ2n) is 5.93. The fraction of sp³-hybridized carbons (Fsp3) is 0.550. The minimum atomic E-state index is -4.70. The number of allylic oxidation sites excluding steroid dienone is 8. The number of phosphoric acid groups is 1. The summed E-state index contributed by atoms with van der Waals surface area (Å²) in [7, 11) is -4.70. The van der Waals surface area contributed by atoms with E-state index in [4.69, 9.17) is 9.79 Å². The molecule has 0 saturated heterocycles. The average Bonchev–Trinajstić information content (AvgIpc) is 2.56. The molecule has 0 atom stereocenters. The van der Waals surface area contributed by atoms with E-state index in [-0.39, 0.29) is 6.42 Å². The topological polar surface area (TPSA) is 83.8 Å². The second-order valence-corrected chi connectivity index (χ2v) is 7.10. The van der Waals surface area contributed by atoms with E-state index in [0.29, 0.717) is 12.8 Å². The Labute approximate surface area is 157 Å². The molecule has 5 nitrogen and oxygen atoms in total. The summed E-state index contributed by atoms with van der Waals surface area (Å²) in [5, 5.41) is 0. The smallest absolute Gasteiger partial charge is 0.371 e. The van der Waals surface area contributed by atoms with E-state index in [2.05, 4.69) is 47.9 Å². The summed E-state index contributed by atoms with van der Waals surface area (Å²) in [6.45, 7) is 2.21. The van der Waals surface area contributed by atoms with Crippen LogP contribution in [0.3, 0.4) is 0 Å². The minimum absolute atomic E-state index is 0.00311. The molecule has 6 heteroatoms. The third-order valence-electron chi connectivity index (χ3n) is 3.43. The van der Waals surface area contributed by atoms with Crippen LogP contribution in [0.5, 0.6) is 0 Å². The Hall–Kier alpha value is -1.42. The molecule has 0 bridgehead atoms. The van der Waals surface area contributed by atoms with Crippen molar-refractivity contribution in [1.29, 1.82) is 0 Å². The number of unbranched alkanes of at least 4 members (excludes halogenated alkanes) is 4. The molecule has 0 rings (SSSR count). The van der Waals surface area contributed by atoms with Crippen LogP contribution in [0.1, 0.15) is 71.1 Å². The van der Waals surface area contributed by atoms with Gasteiger partial charge in [-0.15, -0.1) is 0 Å². The van der Waals surface area contributed by atoms with Crippen LogP contribution >= 0.6 is 7.82 Å². The van der Waals surface area contributed by atoms with Crippen molar-refractivity contribution >= 4 is 13.8 Å². The van der Waals surface area contributed by atoms with E-state index in [0.717, 1.165) is 19.3 Å². The Morgan fingerprint density at radius 3 is 1.73 bits per heavy atom. The van der Waals surface area contributed by atoms with Crippen molar-refractivity contribution in [2.24, 2.45) is 0 Å². The molecule has 0 fully saturated rings. The Bertz CT molecular complexity index is 514. The van der Waals surface area contributed by atoms with E-state index in [9.17, 15) is 9.36 Å². The van der Waals surface area contributed by atoms with Crippen molar-refractivity contribution in [3.05, 3.63) is 48.6 Å². The molecular weight excluding hydrogens is 351 g/mol. The van der Waals surface area contributed by atoms with Crippen LogP contribution in [-0.4, -0.2) is 15.8 Å². The first-order chi connectivity index (χ1) is 12.5. The number of rotatable bonds is 15. The van der Waals surface area contributed by atoms with Crippen LogP contribution in [0.2, 0.25) is 0 Å². The van der Waals surface area contributed by atoms with Gasteiger partial charge >= 0.3 is 13.8 Å². The normalized spacial score (nSPS) is 12.9. The maximum Gasteiger partial charge on any atom is 0.526 e. The third-order valence-corrected chi connectivity index (χ3v) is 3.87. The van der Waals surface area contributed by atoms with Crippen molar-refractivity contribution < 1.29 is 23.7 Å². The van der Waals surface area contributed by atoms with Crippen LogP contribution in [0.4, 0.5) is 0 Å². The largest absolute Gasteiger partial charge is 0.526 e. The van der Waals surface area contributed by atoms with Gasteiger partial charge in [0.2, 0.25) is 0 Å². The zero-order valence-corrected chi connectivity index (χ0v) is 16.7. The lowest BCUT2D eigenvalue weighted by atomic mass is 10.2. The molecule has 0 unspecified atom stereocenters. The monoisotopic (exact) mass is 384 g/mol. The Balaban J connectivity index is 3.54. The molecule has 0 aliphatic rings. The summed E-state index contributed by atoms with van der Waals surface area (Å²) in [6.07, 6.45) is 25.9. The molecular formula is C20H33O5P. The second kappa shape index (κ2) is 17.0. The van der Waals surface area contributed by atoms with Crippen molar-refractivity contribution in [1.82, 2.24) is 0 Å². The van der Waals surface area contributed by atoms with Gasteiger partial charge in [0.1, 0.15) is 0 Å². The molecule has 0 spiro atoms. The highest BCUT2D eigenvalue weighted by molar-refractivity contribution is 7.46. The first kappa shape index (κ1) is 24.6. The lowest BCUT2D eigenvalue weighted by Gasteiger charge is -2.03. The molecule has 26 heavy (non-hydrogen) atoms. The minimum Gasteiger partial charge on any atom is -0.371 e. The zero-order chi connectivity index (χ0) is 19.5. The van der Waals surface area contributed by atoms with Gasteiger partial charge in [-0.3, -0.25) is 14.6 Å². The van der Waals surface area contributed by atoms with E-state index in [1.54, 1.807) is 0 Å². The van der Waals surface area contributed by atoms with Crippen LogP contribution in [0.15, 0.2) is 48.6 Å². The van der Waals surface area contributed by atoms with Gasteiger partial charge in [-0.25, -0.2) is 4.57 Å². The molecule has 0 radical (unpaired) electrons. The molecule has 0 amide bonds. The van der Waals surface area contributed by atoms with Crippen LogP contribution in [-0.2, 0) is 13.9 Å². The first-order valence-electron chi connectivity index (χ1n) is 9.33. The SMILES string of the molecule is CCCCC/C=C\C/C=C\C/C=C\C/C=C\CCCC(=O)OP(=O)(O)O. The number of phosphoric ester groups is 1. The average molecular weight is 384 g/mol. The Morgan fingerprint density at radius 2 is 1.27 bits per heavy atom. The van der Waals surface area contributed by atoms with Gasteiger partial charge in [0.05, 0.1) is 0 Å². The number of hydrogen-bond donors (Lipinski definition) is 2. The number of hydrogen-bond acceptors (Lipinski definition) is 3. The Morgan fingerprint density at radius 1 is 0.808 bits per heavy atom. The molecule has 0 aliphatic heterocycles. The summed E-state index contributed by atoms with van der Waals surface area (Å²) >= 11 is 0. The van der Waals surface area contributed by atoms with Gasteiger partial charge < -0.3 is 4.52 Å². The summed E-state index contributed by atoms with van der Waals surface area (Å²) in [5.74, 6) is -0.866. The number of carbonyl (C=O) groups excluding carboxylic acids is 1. The van der Waals surface area contributed by atoms with E-state index < -0.39 is 13.8 Å². The van der Waals surface area contributed by atoms with Crippen molar-refractivity contribution in [3.8, 4) is 0 Å². The molecule has 0 aromatic rings. The van der Waals surface area contributed by atoms with Gasteiger partial charge in [-0.2, -0.15) is 0 Å². The maximum absolute atomic E-state index is 11.1. The predicted molar refractivity (Wildman–Crippen MR) is 107 cm³/mol. The van der Waals surface area contributed by atoms with Crippen molar-refractivity contribution in [2.75, 3.05) is 0 Å². The first-order valence-corrected chi connectivity index (χ1v) is 10.9. The van der Waals surface area contributed by atoms with Crippen LogP contribution in [0, 0.1) is 0 Å². The predicted octanol–water partition coefficient (Wildman–Crippen LogP) is 5.77. The molecule has 0 aromatic carbocycles. The quantitative estimate of drug-likeness (QED) is 0.213. The zero-order valence-electron chi connectivity index (χ0n) is 15.8. The summed E-state index contributed by atoms with van der Waals surface area (Å²) in [5.41, 5.74) is 0. The lowest BCUT2D eigenvalue weighted by Crippen LogP contribution is -2.01. The van der Waals surface area contributed by atoms with Gasteiger partial charge in [0.25, 0.3) is 0 Å². The molecule has 2 N–H and O–H groups in total. The molecule has 0 aromatic heterocycles. The fourth-order valence-electron chi connectivity index (χ4n) is 2.10. The number of carbonyl (C=O) groups is 1. The van der Waals surface area contributed by atoms with Crippen LogP contribution < -0.4 is 0 Å². The molecule has 0 aliphatic carbocycles. The van der Waals surface area contributed by atoms with E-state index >= 15 is 0 Å². The standard InChI is InChI=1S/C20H33O5P/c1-2-3-4-5-6-7-8-9-10-11-12-13-14-15-16-17-18-19-20(21)25-26(22,23)24/h6-7,9-10,12-13,15-16H,2-5,8,11,14,17-19H2,1H3,(H2,22,23,24)/b7-6-,10-9-,13-12-,16-15-. The molecule has 148 valence electrons. The van der Waals surface area contributed by atoms with Gasteiger partial charge in [-0.1, -0.05) is 68.4 Å². The van der Waals surface area contributed by atoms with Gasteiger partial charge in [-0.05, 0) is 44.9 Å². The van der Waals surface area contributed by atoms with Crippen molar-refractivity contribution in [2.45, 2.75) is 71.1 Å². The van der Waals surface area contributed by atoms with Gasteiger partial charge in [0, 0.05) is 6.42 Å². The fourth-order valence-corrected chi connectivity index (χ4v) is 2.46. The summed E-state index contributed by atoms with van der Waals surface area (Å²) in [4.78, 5) is 28.0. The van der Waals surface area contributed by atoms with Crippen LogP contribution in [0.25, 0.3) is 0 Å². The molecule has 0 heterocycles. The van der Waals surface area contributed by atoms with E-state index in [1.807, 2.05) is 12.2 Å². The summed E-state index contributed by atoms with van der Waals surface area (Å²) < 4.78 is 14.4. The highest BCUT2D eigenvalue weighted by Crippen LogP contribution is 2.36. The lowest BCUT2D eigenvalue weighted by molar-refractivity contribution is -0.135. The highest BCUT2D eigenvalue weighted by Gasteiger charge is 2.19. The van der Waals surface area contributed by atoms with Crippen molar-refractivity contribution in [3.63, 3.8) is 0 Å². The Kier molecular flexibility index (Phi) is 16.1. The molecule has 0 saturated carbocycles. The summed E-state index contributed by atoms with van der Waals surface area (Å²) in [6, 6.07) is 0.